The highest BCUT2D eigenvalue weighted by molar-refractivity contribution is 9.10. The van der Waals surface area contributed by atoms with Crippen LogP contribution in [-0.2, 0) is 11.2 Å². The number of halogens is 1. The Morgan fingerprint density at radius 3 is 2.20 bits per heavy atom. The highest BCUT2D eigenvalue weighted by Crippen LogP contribution is 2.14. The van der Waals surface area contributed by atoms with E-state index in [4.69, 9.17) is 0 Å². The molecule has 0 saturated heterocycles. The van der Waals surface area contributed by atoms with Gasteiger partial charge in [0.25, 0.3) is 0 Å². The van der Waals surface area contributed by atoms with Gasteiger partial charge in [-0.25, -0.2) is 0 Å². The van der Waals surface area contributed by atoms with Crippen LogP contribution in [0.4, 0.5) is 0 Å². The first-order valence-electron chi connectivity index (χ1n) is 5.13. The van der Waals surface area contributed by atoms with E-state index in [1.807, 2.05) is 24.3 Å². The van der Waals surface area contributed by atoms with Crippen molar-refractivity contribution in [2.24, 2.45) is 0 Å². The third-order valence-corrected chi connectivity index (χ3v) is 4.03. The van der Waals surface area contributed by atoms with E-state index in [1.165, 1.54) is 0 Å². The Kier molecular flexibility index (Phi) is 4.29. The maximum absolute atomic E-state index is 11.7. The van der Waals surface area contributed by atoms with Crippen LogP contribution in [0, 0.1) is 0 Å². The molecule has 0 atom stereocenters. The van der Waals surface area contributed by atoms with E-state index in [9.17, 15) is 4.79 Å². The normalized spacial score (nSPS) is 11.5. The number of ketones is 1. The quantitative estimate of drug-likeness (QED) is 0.767. The molecular weight excluding hydrogens is 268 g/mol. The first kappa shape index (κ1) is 12.7. The molecule has 0 spiro atoms. The van der Waals surface area contributed by atoms with Gasteiger partial charge in [0.05, 0.1) is 8.07 Å². The van der Waals surface area contributed by atoms with Gasteiger partial charge in [-0.2, -0.15) is 0 Å². The van der Waals surface area contributed by atoms with Crippen molar-refractivity contribution in [1.29, 1.82) is 0 Å². The number of rotatable bonds is 4. The summed E-state index contributed by atoms with van der Waals surface area (Å²) in [4.78, 5) is 11.7. The van der Waals surface area contributed by atoms with Gasteiger partial charge in [0.15, 0.2) is 0 Å². The van der Waals surface area contributed by atoms with Crippen LogP contribution in [-0.4, -0.2) is 13.9 Å². The number of carbonyl (C=O) groups is 1. The summed E-state index contributed by atoms with van der Waals surface area (Å²) in [5, 5.41) is 0. The van der Waals surface area contributed by atoms with E-state index in [0.717, 1.165) is 16.1 Å². The second-order valence-electron chi connectivity index (χ2n) is 5.08. The Bertz CT molecular complexity index is 338. The third kappa shape index (κ3) is 5.28. The van der Waals surface area contributed by atoms with Crippen LogP contribution in [0.3, 0.4) is 0 Å². The second kappa shape index (κ2) is 5.08. The molecule has 0 N–H and O–H groups in total. The molecule has 0 bridgehead atoms. The van der Waals surface area contributed by atoms with Crippen molar-refractivity contribution < 1.29 is 4.79 Å². The Balaban J connectivity index is 2.55. The molecule has 82 valence electrons. The van der Waals surface area contributed by atoms with Gasteiger partial charge in [0, 0.05) is 16.9 Å². The average molecular weight is 285 g/mol. The Hall–Kier alpha value is -0.413. The van der Waals surface area contributed by atoms with E-state index in [0.29, 0.717) is 12.2 Å². The zero-order valence-electron chi connectivity index (χ0n) is 9.51. The first-order valence-corrected chi connectivity index (χ1v) is 9.63. The monoisotopic (exact) mass is 284 g/mol. The smallest absolute Gasteiger partial charge is 0.134 e. The average Bonchev–Trinajstić information content (AvgIpc) is 2.05. The largest absolute Gasteiger partial charge is 0.300 e. The predicted octanol–water partition coefficient (Wildman–Crippen LogP) is 3.90. The zero-order chi connectivity index (χ0) is 11.5. The van der Waals surface area contributed by atoms with Crippen molar-refractivity contribution in [2.45, 2.75) is 32.1 Å². The van der Waals surface area contributed by atoms with Gasteiger partial charge < -0.3 is 0 Å². The van der Waals surface area contributed by atoms with Crippen molar-refractivity contribution in [3.63, 3.8) is 0 Å². The molecule has 0 radical (unpaired) electrons. The fourth-order valence-electron chi connectivity index (χ4n) is 1.48. The van der Waals surface area contributed by atoms with Crippen molar-refractivity contribution >= 4 is 29.8 Å². The van der Waals surface area contributed by atoms with Crippen LogP contribution >= 0.6 is 15.9 Å². The van der Waals surface area contributed by atoms with Gasteiger partial charge in [-0.05, 0) is 17.7 Å². The highest BCUT2D eigenvalue weighted by atomic mass is 79.9. The molecule has 0 amide bonds. The second-order valence-corrected chi connectivity index (χ2v) is 11.5. The molecule has 1 aromatic carbocycles. The van der Waals surface area contributed by atoms with Crippen molar-refractivity contribution in [1.82, 2.24) is 0 Å². The van der Waals surface area contributed by atoms with E-state index in [1.54, 1.807) is 0 Å². The standard InChI is InChI=1S/C12H17BrOSi/c1-15(2,3)9-12(14)8-10-4-6-11(13)7-5-10/h4-7H,8-9H2,1-3H3. The Morgan fingerprint density at radius 1 is 1.20 bits per heavy atom. The maximum Gasteiger partial charge on any atom is 0.134 e. The zero-order valence-corrected chi connectivity index (χ0v) is 12.1. The van der Waals surface area contributed by atoms with Gasteiger partial charge in [-0.1, -0.05) is 47.7 Å². The molecule has 0 heterocycles. The molecular formula is C12H17BrOSi. The summed E-state index contributed by atoms with van der Waals surface area (Å²) in [7, 11) is -1.24. The summed E-state index contributed by atoms with van der Waals surface area (Å²) in [5.74, 6) is 0.372. The van der Waals surface area contributed by atoms with Crippen LogP contribution in [0.2, 0.25) is 25.7 Å². The van der Waals surface area contributed by atoms with Crippen molar-refractivity contribution in [2.75, 3.05) is 0 Å². The molecule has 0 unspecified atom stereocenters. The minimum Gasteiger partial charge on any atom is -0.300 e. The lowest BCUT2D eigenvalue weighted by Gasteiger charge is -2.14. The molecule has 0 aliphatic rings. The molecule has 1 nitrogen and oxygen atoms in total. The molecule has 0 saturated carbocycles. The third-order valence-electron chi connectivity index (χ3n) is 2.04. The van der Waals surface area contributed by atoms with Crippen LogP contribution in [0.5, 0.6) is 0 Å². The lowest BCUT2D eigenvalue weighted by molar-refractivity contribution is -0.116. The molecule has 3 heteroatoms. The van der Waals surface area contributed by atoms with Gasteiger partial charge >= 0.3 is 0 Å². The van der Waals surface area contributed by atoms with Crippen LogP contribution in [0.1, 0.15) is 5.56 Å². The van der Waals surface area contributed by atoms with Gasteiger partial charge in [0.2, 0.25) is 0 Å². The lowest BCUT2D eigenvalue weighted by atomic mass is 10.1. The molecule has 1 rings (SSSR count). The van der Waals surface area contributed by atoms with Crippen molar-refractivity contribution in [3.05, 3.63) is 34.3 Å². The van der Waals surface area contributed by atoms with Crippen LogP contribution < -0.4 is 0 Å². The van der Waals surface area contributed by atoms with Crippen LogP contribution in [0.15, 0.2) is 28.7 Å². The number of hydrogen-bond donors (Lipinski definition) is 0. The van der Waals surface area contributed by atoms with Gasteiger partial charge in [-0.3, -0.25) is 4.79 Å². The van der Waals surface area contributed by atoms with E-state index < -0.39 is 8.07 Å². The molecule has 0 fully saturated rings. The minimum atomic E-state index is -1.24. The van der Waals surface area contributed by atoms with E-state index in [2.05, 4.69) is 35.6 Å². The summed E-state index contributed by atoms with van der Waals surface area (Å²) < 4.78 is 1.06. The van der Waals surface area contributed by atoms with Crippen molar-refractivity contribution in [3.8, 4) is 0 Å². The highest BCUT2D eigenvalue weighted by Gasteiger charge is 2.17. The fraction of sp³-hybridized carbons (Fsp3) is 0.417. The van der Waals surface area contributed by atoms with E-state index >= 15 is 0 Å². The topological polar surface area (TPSA) is 17.1 Å². The Labute approximate surface area is 101 Å². The summed E-state index contributed by atoms with van der Waals surface area (Å²) in [5.41, 5.74) is 1.11. The number of hydrogen-bond acceptors (Lipinski definition) is 1. The van der Waals surface area contributed by atoms with E-state index in [-0.39, 0.29) is 0 Å². The van der Waals surface area contributed by atoms with Gasteiger partial charge in [0.1, 0.15) is 5.78 Å². The molecule has 0 aliphatic heterocycles. The molecule has 0 aliphatic carbocycles. The fourth-order valence-corrected chi connectivity index (χ4v) is 3.06. The summed E-state index contributed by atoms with van der Waals surface area (Å²) in [6, 6.07) is 8.76. The minimum absolute atomic E-state index is 0.372. The predicted molar refractivity (Wildman–Crippen MR) is 71.0 cm³/mol. The summed E-state index contributed by atoms with van der Waals surface area (Å²) >= 11 is 3.38. The SMILES string of the molecule is C[Si](C)(C)CC(=O)Cc1ccc(Br)cc1. The molecule has 15 heavy (non-hydrogen) atoms. The maximum atomic E-state index is 11.7. The number of carbonyl (C=O) groups excluding carboxylic acids is 1. The number of Topliss-reactive ketones (excluding diaryl/α,β-unsaturated/α-hetero) is 1. The lowest BCUT2D eigenvalue weighted by Crippen LogP contribution is -2.24. The molecule has 0 aromatic heterocycles. The Morgan fingerprint density at radius 2 is 1.73 bits per heavy atom. The van der Waals surface area contributed by atoms with Crippen LogP contribution in [0.25, 0.3) is 0 Å². The molecule has 1 aromatic rings. The first-order chi connectivity index (χ1) is 6.87. The summed E-state index contributed by atoms with van der Waals surface area (Å²) in [6.45, 7) is 6.69. The van der Waals surface area contributed by atoms with Gasteiger partial charge in [-0.15, -0.1) is 0 Å². The summed E-state index contributed by atoms with van der Waals surface area (Å²) in [6.07, 6.45) is 0.581. The number of benzene rings is 1.